The first-order valence-electron chi connectivity index (χ1n) is 4.28. The normalized spacial score (nSPS) is 10.2. The Morgan fingerprint density at radius 3 is 2.79 bits per heavy atom. The Morgan fingerprint density at radius 1 is 1.57 bits per heavy atom. The van der Waals surface area contributed by atoms with E-state index in [0.29, 0.717) is 23.0 Å². The SMILES string of the molecule is Cc1cc(O)c(Br)cc1C(=O)CCN. The highest BCUT2D eigenvalue weighted by Crippen LogP contribution is 2.27. The van der Waals surface area contributed by atoms with E-state index < -0.39 is 0 Å². The fraction of sp³-hybridized carbons (Fsp3) is 0.300. The van der Waals surface area contributed by atoms with Crippen LogP contribution in [0.15, 0.2) is 16.6 Å². The van der Waals surface area contributed by atoms with Crippen LogP contribution in [0, 0.1) is 6.92 Å². The third kappa shape index (κ3) is 2.33. The van der Waals surface area contributed by atoms with Crippen LogP contribution in [0.2, 0.25) is 0 Å². The average molecular weight is 258 g/mol. The molecule has 0 saturated carbocycles. The van der Waals surface area contributed by atoms with E-state index in [9.17, 15) is 9.90 Å². The number of hydrogen-bond donors (Lipinski definition) is 2. The lowest BCUT2D eigenvalue weighted by atomic mass is 10.0. The second-order valence-electron chi connectivity index (χ2n) is 3.08. The Kier molecular flexibility index (Phi) is 3.66. The Morgan fingerprint density at radius 2 is 2.21 bits per heavy atom. The van der Waals surface area contributed by atoms with Gasteiger partial charge in [0.05, 0.1) is 4.47 Å². The van der Waals surface area contributed by atoms with Crippen LogP contribution in [0.4, 0.5) is 0 Å². The molecule has 1 rings (SSSR count). The number of halogens is 1. The van der Waals surface area contributed by atoms with Crippen LogP contribution in [0.25, 0.3) is 0 Å². The van der Waals surface area contributed by atoms with E-state index in [2.05, 4.69) is 15.9 Å². The van der Waals surface area contributed by atoms with Crippen molar-refractivity contribution in [3.8, 4) is 5.75 Å². The van der Waals surface area contributed by atoms with E-state index in [1.165, 1.54) is 0 Å². The van der Waals surface area contributed by atoms with Gasteiger partial charge in [-0.2, -0.15) is 0 Å². The van der Waals surface area contributed by atoms with E-state index in [4.69, 9.17) is 5.73 Å². The number of phenols is 1. The Labute approximate surface area is 91.1 Å². The zero-order valence-electron chi connectivity index (χ0n) is 7.88. The van der Waals surface area contributed by atoms with Crippen molar-refractivity contribution >= 4 is 21.7 Å². The molecule has 0 radical (unpaired) electrons. The van der Waals surface area contributed by atoms with Gasteiger partial charge >= 0.3 is 0 Å². The summed E-state index contributed by atoms with van der Waals surface area (Å²) in [4.78, 5) is 11.5. The van der Waals surface area contributed by atoms with Gasteiger partial charge in [-0.1, -0.05) is 0 Å². The first-order chi connectivity index (χ1) is 6.56. The molecule has 3 nitrogen and oxygen atoms in total. The molecule has 0 fully saturated rings. The van der Waals surface area contributed by atoms with Gasteiger partial charge in [-0.25, -0.2) is 0 Å². The Hall–Kier alpha value is -0.870. The molecule has 0 aromatic heterocycles. The van der Waals surface area contributed by atoms with Gasteiger partial charge in [0.25, 0.3) is 0 Å². The largest absolute Gasteiger partial charge is 0.507 e. The van der Waals surface area contributed by atoms with Crippen LogP contribution in [-0.4, -0.2) is 17.4 Å². The number of aryl methyl sites for hydroxylation is 1. The number of Topliss-reactive ketones (excluding diaryl/α,β-unsaturated/α-hetero) is 1. The number of aromatic hydroxyl groups is 1. The molecule has 14 heavy (non-hydrogen) atoms. The lowest BCUT2D eigenvalue weighted by molar-refractivity contribution is 0.0985. The second-order valence-corrected chi connectivity index (χ2v) is 3.93. The van der Waals surface area contributed by atoms with E-state index >= 15 is 0 Å². The summed E-state index contributed by atoms with van der Waals surface area (Å²) in [5.41, 5.74) is 6.68. The molecule has 0 heterocycles. The van der Waals surface area contributed by atoms with Crippen molar-refractivity contribution in [2.45, 2.75) is 13.3 Å². The van der Waals surface area contributed by atoms with Crippen LogP contribution >= 0.6 is 15.9 Å². The number of phenolic OH excluding ortho intramolecular Hbond substituents is 1. The summed E-state index contributed by atoms with van der Waals surface area (Å²) in [6.07, 6.45) is 0.331. The van der Waals surface area contributed by atoms with Crippen LogP contribution < -0.4 is 5.73 Å². The molecule has 0 unspecified atom stereocenters. The summed E-state index contributed by atoms with van der Waals surface area (Å²) >= 11 is 3.17. The topological polar surface area (TPSA) is 63.3 Å². The van der Waals surface area contributed by atoms with Crippen LogP contribution in [0.1, 0.15) is 22.3 Å². The maximum Gasteiger partial charge on any atom is 0.164 e. The number of rotatable bonds is 3. The molecule has 0 saturated heterocycles. The maximum atomic E-state index is 11.5. The highest BCUT2D eigenvalue weighted by Gasteiger charge is 2.10. The molecule has 0 atom stereocenters. The number of benzene rings is 1. The summed E-state index contributed by atoms with van der Waals surface area (Å²) in [7, 11) is 0. The zero-order valence-corrected chi connectivity index (χ0v) is 9.47. The van der Waals surface area contributed by atoms with E-state index in [1.807, 2.05) is 0 Å². The van der Waals surface area contributed by atoms with E-state index in [0.717, 1.165) is 5.56 Å². The molecule has 0 aliphatic carbocycles. The van der Waals surface area contributed by atoms with Gasteiger partial charge in [-0.05, 0) is 47.1 Å². The first-order valence-corrected chi connectivity index (χ1v) is 5.08. The summed E-state index contributed by atoms with van der Waals surface area (Å²) in [5, 5.41) is 9.35. The summed E-state index contributed by atoms with van der Waals surface area (Å²) in [6, 6.07) is 3.19. The summed E-state index contributed by atoms with van der Waals surface area (Å²) < 4.78 is 0.531. The molecule has 0 aliphatic heterocycles. The molecule has 0 bridgehead atoms. The molecule has 0 aliphatic rings. The Balaban J connectivity index is 3.09. The zero-order chi connectivity index (χ0) is 10.7. The third-order valence-corrected chi connectivity index (χ3v) is 2.60. The van der Waals surface area contributed by atoms with Crippen molar-refractivity contribution in [1.29, 1.82) is 0 Å². The lowest BCUT2D eigenvalue weighted by Gasteiger charge is -2.06. The molecule has 4 heteroatoms. The monoisotopic (exact) mass is 257 g/mol. The first kappa shape index (κ1) is 11.2. The molecule has 1 aromatic carbocycles. The molecule has 76 valence electrons. The minimum atomic E-state index is 0.00528. The van der Waals surface area contributed by atoms with Crippen LogP contribution in [-0.2, 0) is 0 Å². The average Bonchev–Trinajstić information content (AvgIpc) is 2.11. The molecule has 0 amide bonds. The number of hydrogen-bond acceptors (Lipinski definition) is 3. The lowest BCUT2D eigenvalue weighted by Crippen LogP contribution is -2.09. The quantitative estimate of drug-likeness (QED) is 0.815. The van der Waals surface area contributed by atoms with Gasteiger partial charge in [-0.3, -0.25) is 4.79 Å². The van der Waals surface area contributed by atoms with Gasteiger partial charge in [0.2, 0.25) is 0 Å². The van der Waals surface area contributed by atoms with Crippen molar-refractivity contribution in [2.24, 2.45) is 5.73 Å². The number of carbonyl (C=O) groups excluding carboxylic acids is 1. The van der Waals surface area contributed by atoms with Crippen molar-refractivity contribution in [3.63, 3.8) is 0 Å². The van der Waals surface area contributed by atoms with Gasteiger partial charge in [0, 0.05) is 12.0 Å². The van der Waals surface area contributed by atoms with Crippen molar-refractivity contribution < 1.29 is 9.90 Å². The molecule has 3 N–H and O–H groups in total. The second kappa shape index (κ2) is 4.57. The van der Waals surface area contributed by atoms with Crippen LogP contribution in [0.3, 0.4) is 0 Å². The minimum absolute atomic E-state index is 0.00528. The minimum Gasteiger partial charge on any atom is -0.507 e. The number of ketones is 1. The summed E-state index contributed by atoms with van der Waals surface area (Å²) in [5.74, 6) is 0.150. The van der Waals surface area contributed by atoms with Gasteiger partial charge in [0.15, 0.2) is 5.78 Å². The van der Waals surface area contributed by atoms with Crippen molar-refractivity contribution in [2.75, 3.05) is 6.54 Å². The predicted octanol–water partition coefficient (Wildman–Crippen LogP) is 1.99. The standard InChI is InChI=1S/C10H12BrNO2/c1-6-4-10(14)8(11)5-7(6)9(13)2-3-12/h4-5,14H,2-3,12H2,1H3. The third-order valence-electron chi connectivity index (χ3n) is 1.97. The molecular weight excluding hydrogens is 246 g/mol. The van der Waals surface area contributed by atoms with E-state index in [1.54, 1.807) is 19.1 Å². The highest BCUT2D eigenvalue weighted by molar-refractivity contribution is 9.10. The fourth-order valence-electron chi connectivity index (χ4n) is 1.23. The van der Waals surface area contributed by atoms with Gasteiger partial charge < -0.3 is 10.8 Å². The smallest absolute Gasteiger partial charge is 0.164 e. The maximum absolute atomic E-state index is 11.5. The van der Waals surface area contributed by atoms with Gasteiger partial charge in [-0.15, -0.1) is 0 Å². The predicted molar refractivity (Wildman–Crippen MR) is 58.5 cm³/mol. The summed E-state index contributed by atoms with van der Waals surface area (Å²) in [6.45, 7) is 2.13. The number of carbonyl (C=O) groups is 1. The number of nitrogens with two attached hydrogens (primary N) is 1. The fourth-order valence-corrected chi connectivity index (χ4v) is 1.58. The van der Waals surface area contributed by atoms with Crippen molar-refractivity contribution in [3.05, 3.63) is 27.7 Å². The van der Waals surface area contributed by atoms with Crippen molar-refractivity contribution in [1.82, 2.24) is 0 Å². The molecular formula is C10H12BrNO2. The Bertz CT molecular complexity index is 363. The molecule has 0 spiro atoms. The van der Waals surface area contributed by atoms with E-state index in [-0.39, 0.29) is 11.5 Å². The van der Waals surface area contributed by atoms with Crippen LogP contribution in [0.5, 0.6) is 5.75 Å². The highest BCUT2D eigenvalue weighted by atomic mass is 79.9. The van der Waals surface area contributed by atoms with Gasteiger partial charge in [0.1, 0.15) is 5.75 Å². The molecule has 1 aromatic rings.